The van der Waals surface area contributed by atoms with Crippen molar-refractivity contribution >= 4 is 11.4 Å². The molecule has 78 valence electrons. The van der Waals surface area contributed by atoms with Crippen molar-refractivity contribution in [2.45, 2.75) is 44.4 Å². The van der Waals surface area contributed by atoms with Crippen LogP contribution in [0.25, 0.3) is 0 Å². The van der Waals surface area contributed by atoms with E-state index in [9.17, 15) is 4.55 Å². The maximum absolute atomic E-state index is 11.7. The average Bonchev–Trinajstić information content (AvgIpc) is 2.80. The third kappa shape index (κ3) is 3.46. The first kappa shape index (κ1) is 11.3. The first-order valence-electron chi connectivity index (χ1n) is 4.74. The number of aliphatic hydroxyl groups is 1. The number of aliphatic hydroxyl groups excluding tert-OH is 1. The quantitative estimate of drug-likeness (QED) is 0.668. The van der Waals surface area contributed by atoms with E-state index < -0.39 is 11.4 Å². The molecule has 2 atom stereocenters. The summed E-state index contributed by atoms with van der Waals surface area (Å²) in [5, 5.41) is 9.05. The lowest BCUT2D eigenvalue weighted by atomic mass is 10.2. The highest BCUT2D eigenvalue weighted by molar-refractivity contribution is 7.90. The highest BCUT2D eigenvalue weighted by Gasteiger charge is 2.36. The van der Waals surface area contributed by atoms with Crippen LogP contribution in [0.4, 0.5) is 0 Å². The molecule has 0 aromatic heterocycles. The van der Waals surface area contributed by atoms with Crippen LogP contribution in [0.5, 0.6) is 0 Å². The Hall–Kier alpha value is 0.230. The van der Waals surface area contributed by atoms with Crippen molar-refractivity contribution in [2.24, 2.45) is 5.92 Å². The van der Waals surface area contributed by atoms with Gasteiger partial charge in [-0.15, -0.1) is 4.72 Å². The van der Waals surface area contributed by atoms with Crippen molar-refractivity contribution in [3.05, 3.63) is 0 Å². The standard InChI is InChI=1S/C9H19NO2S/c1-9(2,3)13(12)10-8(6-11)7-4-5-7/h7-8,10-11H,4-6H2,1-3H3/t8?,13-/m0/s1. The van der Waals surface area contributed by atoms with Crippen LogP contribution in [-0.4, -0.2) is 27.1 Å². The van der Waals surface area contributed by atoms with Gasteiger partial charge in [0.05, 0.1) is 12.6 Å². The molecule has 13 heavy (non-hydrogen) atoms. The molecule has 1 saturated carbocycles. The van der Waals surface area contributed by atoms with Crippen LogP contribution in [0.1, 0.15) is 33.6 Å². The Morgan fingerprint density at radius 1 is 1.54 bits per heavy atom. The summed E-state index contributed by atoms with van der Waals surface area (Å²) in [6.45, 7) is 5.87. The molecule has 0 aliphatic heterocycles. The Labute approximate surface area is 83.2 Å². The summed E-state index contributed by atoms with van der Waals surface area (Å²) in [6.07, 6.45) is 2.30. The molecule has 0 radical (unpaired) electrons. The maximum atomic E-state index is 11.7. The third-order valence-electron chi connectivity index (χ3n) is 2.20. The Balaban J connectivity index is 2.36. The molecule has 1 fully saturated rings. The molecule has 1 rings (SSSR count). The van der Waals surface area contributed by atoms with Gasteiger partial charge >= 0.3 is 0 Å². The minimum Gasteiger partial charge on any atom is -0.598 e. The molecule has 0 amide bonds. The monoisotopic (exact) mass is 205 g/mol. The van der Waals surface area contributed by atoms with Crippen molar-refractivity contribution in [3.63, 3.8) is 0 Å². The Morgan fingerprint density at radius 3 is 2.38 bits per heavy atom. The molecule has 1 unspecified atom stereocenters. The highest BCUT2D eigenvalue weighted by atomic mass is 32.2. The molecular weight excluding hydrogens is 186 g/mol. The van der Waals surface area contributed by atoms with Crippen molar-refractivity contribution in [1.82, 2.24) is 4.72 Å². The lowest BCUT2D eigenvalue weighted by Gasteiger charge is -2.27. The predicted molar refractivity (Wildman–Crippen MR) is 54.6 cm³/mol. The van der Waals surface area contributed by atoms with Crippen molar-refractivity contribution in [1.29, 1.82) is 0 Å². The first-order valence-corrected chi connectivity index (χ1v) is 5.89. The minimum atomic E-state index is -1.06. The second kappa shape index (κ2) is 4.17. The Kier molecular flexibility index (Phi) is 3.63. The molecule has 3 nitrogen and oxygen atoms in total. The summed E-state index contributed by atoms with van der Waals surface area (Å²) in [7, 11) is 0. The van der Waals surface area contributed by atoms with Crippen LogP contribution in [0.2, 0.25) is 0 Å². The number of hydrogen-bond donors (Lipinski definition) is 2. The van der Waals surface area contributed by atoms with Crippen LogP contribution in [-0.2, 0) is 11.4 Å². The van der Waals surface area contributed by atoms with Crippen LogP contribution in [0.15, 0.2) is 0 Å². The second-order valence-corrected chi connectivity index (χ2v) is 6.62. The average molecular weight is 205 g/mol. The van der Waals surface area contributed by atoms with E-state index in [2.05, 4.69) is 4.72 Å². The number of nitrogens with one attached hydrogen (secondary N) is 1. The molecule has 1 aliphatic carbocycles. The van der Waals surface area contributed by atoms with E-state index in [-0.39, 0.29) is 17.4 Å². The van der Waals surface area contributed by atoms with E-state index >= 15 is 0 Å². The maximum Gasteiger partial charge on any atom is 0.136 e. The van der Waals surface area contributed by atoms with E-state index in [1.165, 1.54) is 0 Å². The summed E-state index contributed by atoms with van der Waals surface area (Å²) in [5.74, 6) is 0.538. The van der Waals surface area contributed by atoms with Crippen LogP contribution < -0.4 is 4.72 Å². The van der Waals surface area contributed by atoms with Crippen molar-refractivity contribution < 1.29 is 9.66 Å². The van der Waals surface area contributed by atoms with E-state index in [0.717, 1.165) is 12.8 Å². The van der Waals surface area contributed by atoms with Crippen LogP contribution in [0, 0.1) is 5.92 Å². The van der Waals surface area contributed by atoms with Gasteiger partial charge in [-0.25, -0.2) is 0 Å². The number of hydrogen-bond acceptors (Lipinski definition) is 3. The summed E-state index contributed by atoms with van der Waals surface area (Å²) >= 11 is -1.06. The van der Waals surface area contributed by atoms with E-state index in [4.69, 9.17) is 5.11 Å². The van der Waals surface area contributed by atoms with Crippen LogP contribution >= 0.6 is 0 Å². The normalized spacial score (nSPS) is 22.8. The molecule has 0 spiro atoms. The minimum absolute atomic E-state index is 0.0278. The van der Waals surface area contributed by atoms with Gasteiger partial charge in [-0.2, -0.15) is 0 Å². The Morgan fingerprint density at radius 2 is 2.08 bits per heavy atom. The SMILES string of the molecule is CC(C)(C)[S@+]([O-])NC(CO)C1CC1. The van der Waals surface area contributed by atoms with Gasteiger partial charge in [0.15, 0.2) is 0 Å². The first-order chi connectivity index (χ1) is 5.95. The zero-order chi connectivity index (χ0) is 10.1. The van der Waals surface area contributed by atoms with E-state index in [1.807, 2.05) is 20.8 Å². The van der Waals surface area contributed by atoms with Gasteiger partial charge in [0.2, 0.25) is 0 Å². The van der Waals surface area contributed by atoms with E-state index in [0.29, 0.717) is 5.92 Å². The van der Waals surface area contributed by atoms with E-state index in [1.54, 1.807) is 0 Å². The van der Waals surface area contributed by atoms with Crippen LogP contribution in [0.3, 0.4) is 0 Å². The fourth-order valence-corrected chi connectivity index (χ4v) is 1.99. The van der Waals surface area contributed by atoms with Crippen molar-refractivity contribution in [2.75, 3.05) is 6.61 Å². The molecule has 0 bridgehead atoms. The van der Waals surface area contributed by atoms with Gasteiger partial charge < -0.3 is 9.66 Å². The topological polar surface area (TPSA) is 55.3 Å². The van der Waals surface area contributed by atoms with Gasteiger partial charge in [0.1, 0.15) is 4.75 Å². The zero-order valence-corrected chi connectivity index (χ0v) is 9.36. The summed E-state index contributed by atoms with van der Waals surface area (Å²) in [5.41, 5.74) is 0. The smallest absolute Gasteiger partial charge is 0.136 e. The molecule has 0 saturated heterocycles. The Bertz CT molecular complexity index is 165. The van der Waals surface area contributed by atoms with Gasteiger partial charge in [-0.3, -0.25) is 0 Å². The summed E-state index contributed by atoms with van der Waals surface area (Å²) in [4.78, 5) is 0. The fraction of sp³-hybridized carbons (Fsp3) is 1.00. The molecule has 4 heteroatoms. The second-order valence-electron chi connectivity index (χ2n) is 4.63. The summed E-state index contributed by atoms with van der Waals surface area (Å²) < 4.78 is 14.4. The highest BCUT2D eigenvalue weighted by Crippen LogP contribution is 2.33. The number of rotatable bonds is 4. The molecule has 0 heterocycles. The van der Waals surface area contributed by atoms with Gasteiger partial charge in [0.25, 0.3) is 0 Å². The molecule has 0 aromatic carbocycles. The fourth-order valence-electron chi connectivity index (χ4n) is 1.10. The largest absolute Gasteiger partial charge is 0.598 e. The molecular formula is C9H19NO2S. The molecule has 2 N–H and O–H groups in total. The van der Waals surface area contributed by atoms with Gasteiger partial charge in [-0.1, -0.05) is 0 Å². The van der Waals surface area contributed by atoms with Gasteiger partial charge in [-0.05, 0) is 39.5 Å². The molecule has 0 aromatic rings. The predicted octanol–water partition coefficient (Wildman–Crippen LogP) is 0.809. The third-order valence-corrected chi connectivity index (χ3v) is 3.83. The van der Waals surface area contributed by atoms with Gasteiger partial charge in [0, 0.05) is 11.4 Å². The lowest BCUT2D eigenvalue weighted by Crippen LogP contribution is -2.47. The van der Waals surface area contributed by atoms with Crippen molar-refractivity contribution in [3.8, 4) is 0 Å². The summed E-state index contributed by atoms with van der Waals surface area (Å²) in [6, 6.07) is 0.0278. The zero-order valence-electron chi connectivity index (χ0n) is 8.54. The molecule has 1 aliphatic rings. The lowest BCUT2D eigenvalue weighted by molar-refractivity contribution is 0.243.